The molecule has 1 saturated heterocycles. The molecule has 0 aliphatic carbocycles. The number of carbonyl (C=O) groups is 3. The second-order valence-corrected chi connectivity index (χ2v) is 5.66. The number of likely N-dealkylation sites (tertiary alicyclic amines) is 1. The van der Waals surface area contributed by atoms with Gasteiger partial charge in [-0.3, -0.25) is 14.4 Å². The molecule has 0 radical (unpaired) electrons. The predicted molar refractivity (Wildman–Crippen MR) is 84.2 cm³/mol. The molecule has 1 aromatic carbocycles. The average molecular weight is 318 g/mol. The Hall–Kier alpha value is -2.37. The van der Waals surface area contributed by atoms with Gasteiger partial charge in [0.2, 0.25) is 11.8 Å². The molecule has 2 rings (SSSR count). The lowest BCUT2D eigenvalue weighted by Gasteiger charge is -2.20. The Bertz CT molecular complexity index is 573. The second kappa shape index (κ2) is 7.76. The molecule has 124 valence electrons. The number of ether oxygens (including phenoxy) is 1. The number of hydrogen-bond acceptors (Lipinski definition) is 4. The van der Waals surface area contributed by atoms with Crippen LogP contribution >= 0.6 is 0 Å². The molecule has 0 spiro atoms. The molecule has 0 saturated carbocycles. The van der Waals surface area contributed by atoms with Crippen LogP contribution in [0, 0.1) is 5.92 Å². The average Bonchev–Trinajstić information content (AvgIpc) is 2.88. The van der Waals surface area contributed by atoms with Gasteiger partial charge in [0.25, 0.3) is 0 Å². The maximum atomic E-state index is 12.4. The van der Waals surface area contributed by atoms with Crippen LogP contribution in [0.2, 0.25) is 0 Å². The van der Waals surface area contributed by atoms with E-state index in [1.54, 1.807) is 18.9 Å². The van der Waals surface area contributed by atoms with Crippen LogP contribution in [0.15, 0.2) is 30.3 Å². The number of rotatable bonds is 6. The summed E-state index contributed by atoms with van der Waals surface area (Å²) in [6.45, 7) is 2.81. The largest absolute Gasteiger partial charge is 0.465 e. The molecule has 0 N–H and O–H groups in total. The Morgan fingerprint density at radius 1 is 1.30 bits per heavy atom. The fraction of sp³-hybridized carbons (Fsp3) is 0.471. The number of carbonyl (C=O) groups excluding carboxylic acids is 3. The van der Waals surface area contributed by atoms with Crippen molar-refractivity contribution in [2.75, 3.05) is 26.7 Å². The zero-order chi connectivity index (χ0) is 16.8. The smallest absolute Gasteiger partial charge is 0.325 e. The van der Waals surface area contributed by atoms with Gasteiger partial charge in [0.05, 0.1) is 12.5 Å². The first-order chi connectivity index (χ1) is 11.0. The summed E-state index contributed by atoms with van der Waals surface area (Å²) in [4.78, 5) is 38.9. The summed E-state index contributed by atoms with van der Waals surface area (Å²) in [7, 11) is 1.56. The maximum Gasteiger partial charge on any atom is 0.325 e. The van der Waals surface area contributed by atoms with E-state index in [-0.39, 0.29) is 31.4 Å². The SMILES string of the molecule is CCOC(=O)CN(C)C(=O)C1CC(=O)N(Cc2ccccc2)C1. The van der Waals surface area contributed by atoms with E-state index < -0.39 is 11.9 Å². The molecule has 6 nitrogen and oxygen atoms in total. The van der Waals surface area contributed by atoms with E-state index in [4.69, 9.17) is 4.74 Å². The summed E-state index contributed by atoms with van der Waals surface area (Å²) in [6.07, 6.45) is 0.193. The summed E-state index contributed by atoms with van der Waals surface area (Å²) >= 11 is 0. The van der Waals surface area contributed by atoms with Crippen LogP contribution in [-0.2, 0) is 25.7 Å². The maximum absolute atomic E-state index is 12.4. The van der Waals surface area contributed by atoms with Crippen molar-refractivity contribution in [2.24, 2.45) is 5.92 Å². The third-order valence-electron chi connectivity index (χ3n) is 3.83. The van der Waals surface area contributed by atoms with Crippen molar-refractivity contribution in [1.29, 1.82) is 0 Å². The van der Waals surface area contributed by atoms with E-state index >= 15 is 0 Å². The Kier molecular flexibility index (Phi) is 5.73. The lowest BCUT2D eigenvalue weighted by Crippen LogP contribution is -2.38. The molecule has 23 heavy (non-hydrogen) atoms. The highest BCUT2D eigenvalue weighted by molar-refractivity contribution is 5.90. The van der Waals surface area contributed by atoms with Gasteiger partial charge in [-0.05, 0) is 12.5 Å². The predicted octanol–water partition coefficient (Wildman–Crippen LogP) is 1.06. The van der Waals surface area contributed by atoms with Crippen molar-refractivity contribution in [3.8, 4) is 0 Å². The van der Waals surface area contributed by atoms with Crippen molar-refractivity contribution >= 4 is 17.8 Å². The van der Waals surface area contributed by atoms with Gasteiger partial charge in [-0.2, -0.15) is 0 Å². The van der Waals surface area contributed by atoms with Crippen molar-refractivity contribution in [1.82, 2.24) is 9.80 Å². The van der Waals surface area contributed by atoms with Crippen LogP contribution in [-0.4, -0.2) is 54.3 Å². The van der Waals surface area contributed by atoms with Gasteiger partial charge in [-0.15, -0.1) is 0 Å². The van der Waals surface area contributed by atoms with Crippen molar-refractivity contribution in [2.45, 2.75) is 19.9 Å². The summed E-state index contributed by atoms with van der Waals surface area (Å²) < 4.78 is 4.84. The molecule has 0 bridgehead atoms. The highest BCUT2D eigenvalue weighted by Crippen LogP contribution is 2.21. The lowest BCUT2D eigenvalue weighted by molar-refractivity contribution is -0.149. The van der Waals surface area contributed by atoms with Crippen LogP contribution < -0.4 is 0 Å². The lowest BCUT2D eigenvalue weighted by atomic mass is 10.1. The van der Waals surface area contributed by atoms with Crippen LogP contribution in [0.5, 0.6) is 0 Å². The third kappa shape index (κ3) is 4.55. The zero-order valence-corrected chi connectivity index (χ0v) is 13.5. The Labute approximate surface area is 136 Å². The number of esters is 1. The highest BCUT2D eigenvalue weighted by Gasteiger charge is 2.36. The summed E-state index contributed by atoms with van der Waals surface area (Å²) in [6, 6.07) is 9.67. The molecule has 1 fully saturated rings. The van der Waals surface area contributed by atoms with Crippen molar-refractivity contribution < 1.29 is 19.1 Å². The van der Waals surface area contributed by atoms with Gasteiger partial charge in [0, 0.05) is 26.6 Å². The van der Waals surface area contributed by atoms with Gasteiger partial charge < -0.3 is 14.5 Å². The number of nitrogens with zero attached hydrogens (tertiary/aromatic N) is 2. The van der Waals surface area contributed by atoms with E-state index in [1.807, 2.05) is 30.3 Å². The monoisotopic (exact) mass is 318 g/mol. The minimum absolute atomic E-state index is 0.0308. The Morgan fingerprint density at radius 2 is 2.00 bits per heavy atom. The summed E-state index contributed by atoms with van der Waals surface area (Å²) in [5.74, 6) is -1.06. The van der Waals surface area contributed by atoms with Crippen LogP contribution in [0.1, 0.15) is 18.9 Å². The fourth-order valence-corrected chi connectivity index (χ4v) is 2.68. The first-order valence-corrected chi connectivity index (χ1v) is 7.73. The van der Waals surface area contributed by atoms with Gasteiger partial charge in [-0.25, -0.2) is 0 Å². The molecular formula is C17H22N2O4. The Morgan fingerprint density at radius 3 is 2.65 bits per heavy atom. The molecule has 1 atom stereocenters. The van der Waals surface area contributed by atoms with E-state index in [0.29, 0.717) is 13.1 Å². The first kappa shape index (κ1) is 17.0. The number of benzene rings is 1. The van der Waals surface area contributed by atoms with E-state index in [0.717, 1.165) is 5.56 Å². The normalized spacial score (nSPS) is 17.2. The van der Waals surface area contributed by atoms with Crippen molar-refractivity contribution in [3.05, 3.63) is 35.9 Å². The summed E-state index contributed by atoms with van der Waals surface area (Å²) in [5, 5.41) is 0. The van der Waals surface area contributed by atoms with Gasteiger partial charge in [0.1, 0.15) is 6.54 Å². The molecule has 1 aromatic rings. The van der Waals surface area contributed by atoms with E-state index in [2.05, 4.69) is 0 Å². The minimum Gasteiger partial charge on any atom is -0.465 e. The number of amides is 2. The van der Waals surface area contributed by atoms with Gasteiger partial charge in [0.15, 0.2) is 0 Å². The molecule has 0 aromatic heterocycles. The summed E-state index contributed by atoms with van der Waals surface area (Å²) in [5.41, 5.74) is 1.04. The first-order valence-electron chi connectivity index (χ1n) is 7.73. The molecular weight excluding hydrogens is 296 g/mol. The van der Waals surface area contributed by atoms with Gasteiger partial charge >= 0.3 is 5.97 Å². The highest BCUT2D eigenvalue weighted by atomic mass is 16.5. The van der Waals surface area contributed by atoms with Crippen molar-refractivity contribution in [3.63, 3.8) is 0 Å². The molecule has 1 aliphatic rings. The second-order valence-electron chi connectivity index (χ2n) is 5.66. The molecule has 2 amide bonds. The minimum atomic E-state index is -0.436. The molecule has 1 unspecified atom stereocenters. The van der Waals surface area contributed by atoms with E-state index in [1.165, 1.54) is 4.90 Å². The van der Waals surface area contributed by atoms with E-state index in [9.17, 15) is 14.4 Å². The topological polar surface area (TPSA) is 66.9 Å². The fourth-order valence-electron chi connectivity index (χ4n) is 2.68. The quantitative estimate of drug-likeness (QED) is 0.736. The number of likely N-dealkylation sites (N-methyl/N-ethyl adjacent to an activating group) is 1. The zero-order valence-electron chi connectivity index (χ0n) is 13.5. The molecule has 1 aliphatic heterocycles. The van der Waals surface area contributed by atoms with Crippen LogP contribution in [0.3, 0.4) is 0 Å². The van der Waals surface area contributed by atoms with Gasteiger partial charge in [-0.1, -0.05) is 30.3 Å². The Balaban J connectivity index is 1.91. The third-order valence-corrected chi connectivity index (χ3v) is 3.83. The number of hydrogen-bond donors (Lipinski definition) is 0. The molecule has 6 heteroatoms. The standard InChI is InChI=1S/C17H22N2O4/c1-3-23-16(21)12-18(2)17(22)14-9-15(20)19(11-14)10-13-7-5-4-6-8-13/h4-8,14H,3,9-12H2,1-2H3. The molecule has 1 heterocycles. The van der Waals surface area contributed by atoms with Crippen LogP contribution in [0.25, 0.3) is 0 Å². The van der Waals surface area contributed by atoms with Crippen LogP contribution in [0.4, 0.5) is 0 Å².